The number of carbonyl (C=O) groups excluding carboxylic acids is 1. The maximum atomic E-state index is 12.7. The number of amides is 1. The molecule has 7 heteroatoms. The molecule has 6 nitrogen and oxygen atoms in total. The fraction of sp³-hybridized carbons (Fsp3) is 0.238. The number of pyridine rings is 1. The third-order valence-electron chi connectivity index (χ3n) is 4.76. The van der Waals surface area contributed by atoms with E-state index < -0.39 is 0 Å². The van der Waals surface area contributed by atoms with Crippen LogP contribution >= 0.6 is 11.3 Å². The van der Waals surface area contributed by atoms with Crippen molar-refractivity contribution in [3.8, 4) is 11.3 Å². The molecule has 3 aromatic heterocycles. The van der Waals surface area contributed by atoms with Gasteiger partial charge in [0.2, 0.25) is 11.0 Å². The number of hydrogen-bond donors (Lipinski definition) is 1. The number of carbonyl (C=O) groups is 1. The van der Waals surface area contributed by atoms with Crippen molar-refractivity contribution in [2.75, 3.05) is 5.32 Å². The molecule has 0 fully saturated rings. The van der Waals surface area contributed by atoms with Gasteiger partial charge < -0.3 is 9.72 Å². The highest BCUT2D eigenvalue weighted by Crippen LogP contribution is 2.27. The molecule has 0 unspecified atom stereocenters. The second-order valence-electron chi connectivity index (χ2n) is 6.99. The minimum atomic E-state index is -0.136. The minimum Gasteiger partial charge on any atom is -0.303 e. The largest absolute Gasteiger partial charge is 0.303 e. The van der Waals surface area contributed by atoms with Crippen LogP contribution in [-0.2, 0) is 11.2 Å². The van der Waals surface area contributed by atoms with E-state index in [2.05, 4.69) is 47.6 Å². The zero-order valence-corrected chi connectivity index (χ0v) is 17.1. The van der Waals surface area contributed by atoms with Crippen molar-refractivity contribution >= 4 is 28.0 Å². The Morgan fingerprint density at radius 3 is 2.61 bits per heavy atom. The second-order valence-corrected chi connectivity index (χ2v) is 8.17. The fourth-order valence-corrected chi connectivity index (χ4v) is 3.76. The Bertz CT molecular complexity index is 1190. The first kappa shape index (κ1) is 18.3. The first-order chi connectivity index (χ1) is 13.4. The summed E-state index contributed by atoms with van der Waals surface area (Å²) in [6, 6.07) is 10.3. The zero-order valence-electron chi connectivity index (χ0n) is 16.3. The number of aryl methyl sites for hydroxylation is 4. The normalized spacial score (nSPS) is 11.1. The van der Waals surface area contributed by atoms with Crippen molar-refractivity contribution in [3.05, 3.63) is 63.9 Å². The Balaban J connectivity index is 1.76. The Hall–Kier alpha value is -3.06. The van der Waals surface area contributed by atoms with Crippen molar-refractivity contribution in [1.82, 2.24) is 19.6 Å². The van der Waals surface area contributed by atoms with E-state index in [1.165, 1.54) is 22.5 Å². The lowest BCUT2D eigenvalue weighted by atomic mass is 10.0. The van der Waals surface area contributed by atoms with Gasteiger partial charge in [-0.2, -0.15) is 0 Å². The van der Waals surface area contributed by atoms with Crippen LogP contribution in [-0.4, -0.2) is 25.5 Å². The molecule has 3 heterocycles. The van der Waals surface area contributed by atoms with E-state index in [1.54, 1.807) is 0 Å². The average molecular weight is 392 g/mol. The van der Waals surface area contributed by atoms with Crippen LogP contribution in [0, 0.1) is 27.7 Å². The molecule has 142 valence electrons. The van der Waals surface area contributed by atoms with Gasteiger partial charge in [0.15, 0.2) is 0 Å². The van der Waals surface area contributed by atoms with E-state index in [-0.39, 0.29) is 12.3 Å². The maximum Gasteiger partial charge on any atom is 0.232 e. The van der Waals surface area contributed by atoms with Crippen LogP contribution in [0.2, 0.25) is 0 Å². The highest BCUT2D eigenvalue weighted by Gasteiger charge is 2.18. The molecule has 4 rings (SSSR count). The number of imidazole rings is 1. The van der Waals surface area contributed by atoms with Gasteiger partial charge in [-0.25, -0.2) is 4.98 Å². The molecule has 0 atom stereocenters. The molecule has 0 saturated heterocycles. The molecule has 0 bridgehead atoms. The summed E-state index contributed by atoms with van der Waals surface area (Å²) in [4.78, 5) is 17.5. The van der Waals surface area contributed by atoms with Crippen LogP contribution in [0.5, 0.6) is 0 Å². The summed E-state index contributed by atoms with van der Waals surface area (Å²) in [7, 11) is 0. The Morgan fingerprint density at radius 2 is 1.89 bits per heavy atom. The van der Waals surface area contributed by atoms with Gasteiger partial charge in [-0.15, -0.1) is 10.2 Å². The van der Waals surface area contributed by atoms with Gasteiger partial charge in [-0.3, -0.25) is 4.79 Å². The van der Waals surface area contributed by atoms with Crippen LogP contribution in [0.15, 0.2) is 36.5 Å². The van der Waals surface area contributed by atoms with E-state index >= 15 is 0 Å². The molecule has 1 N–H and O–H groups in total. The van der Waals surface area contributed by atoms with Crippen LogP contribution in [0.4, 0.5) is 5.13 Å². The van der Waals surface area contributed by atoms with Gasteiger partial charge in [0.1, 0.15) is 10.7 Å². The van der Waals surface area contributed by atoms with Crippen LogP contribution in [0.25, 0.3) is 16.9 Å². The summed E-state index contributed by atoms with van der Waals surface area (Å²) in [6.45, 7) is 8.07. The SMILES string of the molecule is Cc1ccn2c(CC(=O)Nc3nnc(C)s3)c(-c3ccc(C)c(C)c3)nc2c1. The monoisotopic (exact) mass is 391 g/mol. The number of fused-ring (bicyclic) bond motifs is 1. The number of rotatable bonds is 4. The summed E-state index contributed by atoms with van der Waals surface area (Å²) in [6.07, 6.45) is 2.17. The molecule has 4 aromatic rings. The fourth-order valence-electron chi connectivity index (χ4n) is 3.15. The lowest BCUT2D eigenvalue weighted by molar-refractivity contribution is -0.115. The number of benzene rings is 1. The summed E-state index contributed by atoms with van der Waals surface area (Å²) >= 11 is 1.36. The molecular weight excluding hydrogens is 370 g/mol. The van der Waals surface area contributed by atoms with Crippen molar-refractivity contribution < 1.29 is 4.79 Å². The van der Waals surface area contributed by atoms with Crippen molar-refractivity contribution in [1.29, 1.82) is 0 Å². The molecule has 0 aliphatic rings. The molecule has 0 saturated carbocycles. The lowest BCUT2D eigenvalue weighted by Crippen LogP contribution is -2.16. The van der Waals surface area contributed by atoms with E-state index in [9.17, 15) is 4.79 Å². The van der Waals surface area contributed by atoms with Gasteiger partial charge in [-0.05, 0) is 62.6 Å². The van der Waals surface area contributed by atoms with E-state index in [0.717, 1.165) is 33.2 Å². The molecule has 0 radical (unpaired) electrons. The predicted molar refractivity (Wildman–Crippen MR) is 112 cm³/mol. The van der Waals surface area contributed by atoms with E-state index in [1.807, 2.05) is 36.6 Å². The van der Waals surface area contributed by atoms with Gasteiger partial charge in [0, 0.05) is 11.8 Å². The topological polar surface area (TPSA) is 72.2 Å². The Morgan fingerprint density at radius 1 is 1.07 bits per heavy atom. The smallest absolute Gasteiger partial charge is 0.232 e. The molecule has 0 spiro atoms. The van der Waals surface area contributed by atoms with Gasteiger partial charge in [0.05, 0.1) is 17.8 Å². The molecule has 0 aliphatic heterocycles. The quantitative estimate of drug-likeness (QED) is 0.564. The highest BCUT2D eigenvalue weighted by atomic mass is 32.1. The third-order valence-corrected chi connectivity index (χ3v) is 5.52. The first-order valence-corrected chi connectivity index (χ1v) is 9.87. The maximum absolute atomic E-state index is 12.7. The number of nitrogens with zero attached hydrogens (tertiary/aromatic N) is 4. The molecular formula is C21H21N5OS. The molecule has 0 aliphatic carbocycles. The zero-order chi connectivity index (χ0) is 19.8. The highest BCUT2D eigenvalue weighted by molar-refractivity contribution is 7.15. The van der Waals surface area contributed by atoms with E-state index in [0.29, 0.717) is 5.13 Å². The lowest BCUT2D eigenvalue weighted by Gasteiger charge is -2.07. The standard InChI is InChI=1S/C21H21N5OS/c1-12-7-8-26-17(11-19(27)23-21-25-24-15(4)28-21)20(22-18(26)9-12)16-6-5-13(2)14(3)10-16/h5-10H,11H2,1-4H3,(H,23,25,27). The van der Waals surface area contributed by atoms with Crippen molar-refractivity contribution in [2.45, 2.75) is 34.1 Å². The van der Waals surface area contributed by atoms with Gasteiger partial charge in [-0.1, -0.05) is 23.5 Å². The van der Waals surface area contributed by atoms with E-state index in [4.69, 9.17) is 4.98 Å². The average Bonchev–Trinajstić information content (AvgIpc) is 3.20. The first-order valence-electron chi connectivity index (χ1n) is 9.06. The Kier molecular flexibility index (Phi) is 4.68. The number of nitrogens with one attached hydrogen (secondary N) is 1. The van der Waals surface area contributed by atoms with Gasteiger partial charge >= 0.3 is 0 Å². The molecule has 28 heavy (non-hydrogen) atoms. The van der Waals surface area contributed by atoms with Crippen molar-refractivity contribution in [3.63, 3.8) is 0 Å². The second kappa shape index (κ2) is 7.16. The van der Waals surface area contributed by atoms with Gasteiger partial charge in [0.25, 0.3) is 0 Å². The summed E-state index contributed by atoms with van der Waals surface area (Å²) < 4.78 is 1.99. The van der Waals surface area contributed by atoms with Crippen LogP contribution in [0.1, 0.15) is 27.4 Å². The number of anilines is 1. The minimum absolute atomic E-state index is 0.136. The molecule has 1 amide bonds. The summed E-state index contributed by atoms with van der Waals surface area (Å²) in [5, 5.41) is 12.1. The van der Waals surface area contributed by atoms with Crippen molar-refractivity contribution in [2.24, 2.45) is 0 Å². The summed E-state index contributed by atoms with van der Waals surface area (Å²) in [5.74, 6) is -0.136. The number of aromatic nitrogens is 4. The number of hydrogen-bond acceptors (Lipinski definition) is 5. The third kappa shape index (κ3) is 3.53. The van der Waals surface area contributed by atoms with Crippen LogP contribution in [0.3, 0.4) is 0 Å². The van der Waals surface area contributed by atoms with Crippen LogP contribution < -0.4 is 5.32 Å². The summed E-state index contributed by atoms with van der Waals surface area (Å²) in [5.41, 5.74) is 7.10. The Labute approximate surface area is 167 Å². The predicted octanol–water partition coefficient (Wildman–Crippen LogP) is 4.27. The molecule has 1 aromatic carbocycles.